The van der Waals surface area contributed by atoms with Gasteiger partial charge in [0.25, 0.3) is 5.56 Å². The van der Waals surface area contributed by atoms with Crippen LogP contribution in [0.25, 0.3) is 0 Å². The quantitative estimate of drug-likeness (QED) is 0.478. The fraction of sp³-hybridized carbons (Fsp3) is 0.400. The van der Waals surface area contributed by atoms with Crippen LogP contribution >= 0.6 is 0 Å². The zero-order chi connectivity index (χ0) is 26.0. The van der Waals surface area contributed by atoms with E-state index in [-0.39, 0.29) is 24.4 Å². The summed E-state index contributed by atoms with van der Waals surface area (Å²) >= 11 is 0. The number of ether oxygens (including phenoxy) is 1. The van der Waals surface area contributed by atoms with Crippen LogP contribution in [0.1, 0.15) is 5.56 Å². The second kappa shape index (κ2) is 12.6. The fourth-order valence-electron chi connectivity index (χ4n) is 2.86. The van der Waals surface area contributed by atoms with Crippen LogP contribution in [-0.4, -0.2) is 65.7 Å². The van der Waals surface area contributed by atoms with Gasteiger partial charge in [-0.1, -0.05) is 12.1 Å². The number of rotatable bonds is 7. The highest BCUT2D eigenvalue weighted by Crippen LogP contribution is 2.16. The maximum absolute atomic E-state index is 12.3. The first-order valence-electron chi connectivity index (χ1n) is 10.1. The Hall–Kier alpha value is -3.75. The van der Waals surface area contributed by atoms with E-state index in [1.165, 1.54) is 18.2 Å². The van der Waals surface area contributed by atoms with E-state index in [9.17, 15) is 31.5 Å². The minimum Gasteiger partial charge on any atom is -0.475 e. The molecule has 0 radical (unpaired) electrons. The molecule has 1 aliphatic rings. The van der Waals surface area contributed by atoms with E-state index in [4.69, 9.17) is 9.90 Å². The highest BCUT2D eigenvalue weighted by molar-refractivity contribution is 5.75. The summed E-state index contributed by atoms with van der Waals surface area (Å²) in [5.74, 6) is -3.15. The standard InChI is InChI=1S/C18H21F2N5O3.C2HF3O2/c19-18(20)28-15-3-1-2-13(8-15)10-22-16(26)12-25-17(27)9-14(11-23-25)24-6-4-21-5-7-24;3-2(4,5)1(6)7/h1-3,8-9,11,18,21H,4-7,10,12H2,(H,22,26);(H,6,7). The highest BCUT2D eigenvalue weighted by atomic mass is 19.4. The maximum Gasteiger partial charge on any atom is 0.490 e. The summed E-state index contributed by atoms with van der Waals surface area (Å²) < 4.78 is 61.7. The van der Waals surface area contributed by atoms with Gasteiger partial charge in [0.2, 0.25) is 5.91 Å². The molecule has 2 aromatic rings. The number of carboxylic acid groups (broad SMARTS) is 1. The number of carboxylic acids is 1. The van der Waals surface area contributed by atoms with Crippen molar-refractivity contribution in [3.63, 3.8) is 0 Å². The van der Waals surface area contributed by atoms with Crippen LogP contribution < -0.4 is 25.8 Å². The third-order valence-electron chi connectivity index (χ3n) is 4.49. The van der Waals surface area contributed by atoms with Crippen molar-refractivity contribution in [2.24, 2.45) is 0 Å². The van der Waals surface area contributed by atoms with E-state index < -0.39 is 24.7 Å². The zero-order valence-corrected chi connectivity index (χ0v) is 18.1. The van der Waals surface area contributed by atoms with Crippen LogP contribution in [-0.2, 0) is 22.7 Å². The number of piperazine rings is 1. The summed E-state index contributed by atoms with van der Waals surface area (Å²) in [7, 11) is 0. The van der Waals surface area contributed by atoms with Gasteiger partial charge in [-0.15, -0.1) is 0 Å². The molecule has 0 bridgehead atoms. The molecule has 3 N–H and O–H groups in total. The number of aromatic nitrogens is 2. The van der Waals surface area contributed by atoms with Gasteiger partial charge in [-0.2, -0.15) is 27.1 Å². The normalized spacial score (nSPS) is 13.6. The van der Waals surface area contributed by atoms with E-state index >= 15 is 0 Å². The average Bonchev–Trinajstić information content (AvgIpc) is 2.79. The van der Waals surface area contributed by atoms with Gasteiger partial charge in [0.15, 0.2) is 0 Å². The van der Waals surface area contributed by atoms with Crippen LogP contribution in [0.3, 0.4) is 0 Å². The second-order valence-electron chi connectivity index (χ2n) is 7.05. The number of halogens is 5. The number of carbonyl (C=O) groups is 2. The lowest BCUT2D eigenvalue weighted by Crippen LogP contribution is -2.44. The molecule has 1 aromatic heterocycles. The van der Waals surface area contributed by atoms with Gasteiger partial charge in [-0.25, -0.2) is 9.48 Å². The third-order valence-corrected chi connectivity index (χ3v) is 4.49. The van der Waals surface area contributed by atoms with Crippen molar-refractivity contribution in [2.75, 3.05) is 31.1 Å². The predicted octanol–water partition coefficient (Wildman–Crippen LogP) is 1.20. The van der Waals surface area contributed by atoms with Crippen molar-refractivity contribution in [2.45, 2.75) is 25.9 Å². The van der Waals surface area contributed by atoms with Gasteiger partial charge in [0.1, 0.15) is 12.3 Å². The number of benzene rings is 1. The van der Waals surface area contributed by atoms with Crippen LogP contribution in [0.5, 0.6) is 5.75 Å². The molecule has 1 aromatic carbocycles. The first-order chi connectivity index (χ1) is 16.5. The van der Waals surface area contributed by atoms with Crippen molar-refractivity contribution >= 4 is 17.6 Å². The molecular weight excluding hydrogens is 485 g/mol. The fourth-order valence-corrected chi connectivity index (χ4v) is 2.86. The minimum atomic E-state index is -5.08. The highest BCUT2D eigenvalue weighted by Gasteiger charge is 2.38. The number of alkyl halides is 5. The smallest absolute Gasteiger partial charge is 0.475 e. The topological polar surface area (TPSA) is 126 Å². The van der Waals surface area contributed by atoms with Gasteiger partial charge < -0.3 is 25.4 Å². The molecular formula is C20H22F5N5O5. The second-order valence-corrected chi connectivity index (χ2v) is 7.05. The molecule has 0 unspecified atom stereocenters. The molecule has 0 saturated carbocycles. The van der Waals surface area contributed by atoms with E-state index in [1.807, 2.05) is 0 Å². The van der Waals surface area contributed by atoms with Crippen molar-refractivity contribution in [1.29, 1.82) is 0 Å². The number of anilines is 1. The number of aliphatic carboxylic acids is 1. The molecule has 15 heteroatoms. The molecule has 0 spiro atoms. The molecule has 1 fully saturated rings. The van der Waals surface area contributed by atoms with Crippen molar-refractivity contribution in [3.8, 4) is 5.75 Å². The molecule has 1 aliphatic heterocycles. The summed E-state index contributed by atoms with van der Waals surface area (Å²) in [4.78, 5) is 35.3. The van der Waals surface area contributed by atoms with Crippen LogP contribution in [0, 0.1) is 0 Å². The van der Waals surface area contributed by atoms with Gasteiger partial charge >= 0.3 is 18.8 Å². The SMILES string of the molecule is O=C(Cn1ncc(N2CCNCC2)cc1=O)NCc1cccc(OC(F)F)c1.O=C(O)C(F)(F)F. The Morgan fingerprint density at radius 2 is 1.86 bits per heavy atom. The molecule has 192 valence electrons. The molecule has 1 saturated heterocycles. The summed E-state index contributed by atoms with van der Waals surface area (Å²) in [5.41, 5.74) is 0.971. The predicted molar refractivity (Wildman–Crippen MR) is 112 cm³/mol. The van der Waals surface area contributed by atoms with Gasteiger partial charge in [-0.05, 0) is 17.7 Å². The summed E-state index contributed by atoms with van der Waals surface area (Å²) in [6, 6.07) is 7.52. The lowest BCUT2D eigenvalue weighted by Gasteiger charge is -2.28. The first-order valence-corrected chi connectivity index (χ1v) is 10.1. The van der Waals surface area contributed by atoms with E-state index in [0.717, 1.165) is 36.5 Å². The molecule has 0 atom stereocenters. The van der Waals surface area contributed by atoms with E-state index in [2.05, 4.69) is 25.4 Å². The lowest BCUT2D eigenvalue weighted by atomic mass is 10.2. The Balaban J connectivity index is 0.000000540. The Bertz CT molecular complexity index is 1060. The third kappa shape index (κ3) is 9.56. The van der Waals surface area contributed by atoms with Gasteiger partial charge in [-0.3, -0.25) is 9.59 Å². The largest absolute Gasteiger partial charge is 0.490 e. The summed E-state index contributed by atoms with van der Waals surface area (Å²) in [5, 5.41) is 17.1. The molecule has 2 heterocycles. The number of hydrogen-bond acceptors (Lipinski definition) is 7. The number of carbonyl (C=O) groups excluding carboxylic acids is 1. The molecule has 10 nitrogen and oxygen atoms in total. The van der Waals surface area contributed by atoms with Crippen molar-refractivity contribution in [1.82, 2.24) is 20.4 Å². The Morgan fingerprint density at radius 1 is 1.20 bits per heavy atom. The average molecular weight is 507 g/mol. The number of nitrogens with zero attached hydrogens (tertiary/aromatic N) is 3. The minimum absolute atomic E-state index is 0.0168. The van der Waals surface area contributed by atoms with Crippen LogP contribution in [0.2, 0.25) is 0 Å². The maximum atomic E-state index is 12.3. The monoisotopic (exact) mass is 507 g/mol. The van der Waals surface area contributed by atoms with E-state index in [1.54, 1.807) is 18.3 Å². The van der Waals surface area contributed by atoms with E-state index in [0.29, 0.717) is 5.56 Å². The van der Waals surface area contributed by atoms with Crippen LogP contribution in [0.15, 0.2) is 41.3 Å². The van der Waals surface area contributed by atoms with Crippen molar-refractivity contribution < 1.29 is 41.4 Å². The summed E-state index contributed by atoms with van der Waals surface area (Å²) in [6.07, 6.45) is -3.51. The van der Waals surface area contributed by atoms with Crippen molar-refractivity contribution in [3.05, 3.63) is 52.4 Å². The lowest BCUT2D eigenvalue weighted by molar-refractivity contribution is -0.192. The van der Waals surface area contributed by atoms with Crippen LogP contribution in [0.4, 0.5) is 27.6 Å². The number of hydrogen-bond donors (Lipinski definition) is 3. The molecule has 1 amide bonds. The molecule has 0 aliphatic carbocycles. The zero-order valence-electron chi connectivity index (χ0n) is 18.1. The molecule has 35 heavy (non-hydrogen) atoms. The van der Waals surface area contributed by atoms with Gasteiger partial charge in [0, 0.05) is 38.8 Å². The number of amides is 1. The summed E-state index contributed by atoms with van der Waals surface area (Å²) in [6.45, 7) is 0.247. The molecule has 3 rings (SSSR count). The van der Waals surface area contributed by atoms with Gasteiger partial charge in [0.05, 0.1) is 11.9 Å². The first kappa shape index (κ1) is 27.5. The number of nitrogens with one attached hydrogen (secondary N) is 2. The Labute approximate surface area is 195 Å². The Morgan fingerprint density at radius 3 is 2.43 bits per heavy atom. The Kier molecular flexibility index (Phi) is 9.93.